The van der Waals surface area contributed by atoms with Crippen molar-refractivity contribution in [3.8, 4) is 0 Å². The Balaban J connectivity index is 1.42. The highest BCUT2D eigenvalue weighted by Gasteiger charge is 2.21. The van der Waals surface area contributed by atoms with Crippen molar-refractivity contribution in [3.63, 3.8) is 0 Å². The molecule has 7 nitrogen and oxygen atoms in total. The van der Waals surface area contributed by atoms with Crippen molar-refractivity contribution < 1.29 is 4.74 Å². The van der Waals surface area contributed by atoms with Gasteiger partial charge in [0.1, 0.15) is 18.0 Å². The minimum Gasteiger partial charge on any atom is -0.378 e. The number of aryl methyl sites for hydroxylation is 1. The van der Waals surface area contributed by atoms with Crippen LogP contribution < -0.4 is 14.7 Å². The summed E-state index contributed by atoms with van der Waals surface area (Å²) in [5.41, 5.74) is 0. The third kappa shape index (κ3) is 3.29. The first kappa shape index (κ1) is 15.6. The van der Waals surface area contributed by atoms with Crippen molar-refractivity contribution in [2.24, 2.45) is 0 Å². The van der Waals surface area contributed by atoms with Crippen LogP contribution in [0.4, 0.5) is 16.8 Å². The number of hydrogen-bond donors (Lipinski definition) is 0. The van der Waals surface area contributed by atoms with Crippen molar-refractivity contribution in [3.05, 3.63) is 23.5 Å². The molecule has 8 heteroatoms. The van der Waals surface area contributed by atoms with Gasteiger partial charge in [-0.05, 0) is 6.92 Å². The molecular formula is C16H22N6OS. The summed E-state index contributed by atoms with van der Waals surface area (Å²) in [5, 5.41) is 1.13. The van der Waals surface area contributed by atoms with E-state index in [1.807, 2.05) is 6.20 Å². The van der Waals surface area contributed by atoms with Crippen LogP contribution in [0.1, 0.15) is 4.88 Å². The maximum Gasteiger partial charge on any atom is 0.185 e. The van der Waals surface area contributed by atoms with E-state index in [0.717, 1.165) is 69.2 Å². The predicted molar refractivity (Wildman–Crippen MR) is 96.3 cm³/mol. The highest BCUT2D eigenvalue weighted by molar-refractivity contribution is 7.15. The largest absolute Gasteiger partial charge is 0.378 e. The molecule has 0 aliphatic carbocycles. The number of thiazole rings is 1. The van der Waals surface area contributed by atoms with Gasteiger partial charge in [0.2, 0.25) is 0 Å². The molecule has 0 unspecified atom stereocenters. The number of ether oxygens (including phenoxy) is 1. The third-order valence-corrected chi connectivity index (χ3v) is 5.43. The molecule has 2 aromatic rings. The fraction of sp³-hybridized carbons (Fsp3) is 0.562. The van der Waals surface area contributed by atoms with Crippen molar-refractivity contribution in [2.75, 3.05) is 67.2 Å². The molecule has 0 N–H and O–H groups in total. The van der Waals surface area contributed by atoms with Crippen molar-refractivity contribution >= 4 is 28.1 Å². The van der Waals surface area contributed by atoms with Gasteiger partial charge in [-0.3, -0.25) is 0 Å². The summed E-state index contributed by atoms with van der Waals surface area (Å²) in [6, 6.07) is 2.11. The minimum atomic E-state index is 0.769. The van der Waals surface area contributed by atoms with Crippen LogP contribution in [-0.4, -0.2) is 67.4 Å². The monoisotopic (exact) mass is 346 g/mol. The average molecular weight is 346 g/mol. The molecule has 0 saturated carbocycles. The summed E-state index contributed by atoms with van der Waals surface area (Å²) in [4.78, 5) is 21.6. The van der Waals surface area contributed by atoms with Crippen LogP contribution in [0.3, 0.4) is 0 Å². The van der Waals surface area contributed by atoms with E-state index in [1.165, 1.54) is 4.88 Å². The van der Waals surface area contributed by atoms with Gasteiger partial charge in [0.25, 0.3) is 0 Å². The molecule has 0 amide bonds. The molecule has 0 radical (unpaired) electrons. The minimum absolute atomic E-state index is 0.769. The van der Waals surface area contributed by atoms with Crippen LogP contribution in [0.15, 0.2) is 18.6 Å². The summed E-state index contributed by atoms with van der Waals surface area (Å²) in [6.45, 7) is 9.30. The molecule has 4 heterocycles. The van der Waals surface area contributed by atoms with Gasteiger partial charge in [-0.15, -0.1) is 11.3 Å². The SMILES string of the molecule is Cc1cnc(N2CCN(c3cc(N4CCOCC4)ncn3)CC2)s1. The van der Waals surface area contributed by atoms with Crippen LogP contribution in [0.2, 0.25) is 0 Å². The van der Waals surface area contributed by atoms with Gasteiger partial charge in [0, 0.05) is 56.4 Å². The lowest BCUT2D eigenvalue weighted by molar-refractivity contribution is 0.122. The van der Waals surface area contributed by atoms with Crippen LogP contribution in [0.25, 0.3) is 0 Å². The topological polar surface area (TPSA) is 57.6 Å². The van der Waals surface area contributed by atoms with Gasteiger partial charge in [0.15, 0.2) is 5.13 Å². The van der Waals surface area contributed by atoms with E-state index >= 15 is 0 Å². The number of morpholine rings is 1. The molecule has 2 fully saturated rings. The second-order valence-corrected chi connectivity index (χ2v) is 7.27. The van der Waals surface area contributed by atoms with Crippen LogP contribution in [0.5, 0.6) is 0 Å². The van der Waals surface area contributed by atoms with Gasteiger partial charge in [-0.2, -0.15) is 0 Å². The smallest absolute Gasteiger partial charge is 0.185 e. The normalized spacial score (nSPS) is 19.0. The zero-order valence-corrected chi connectivity index (χ0v) is 14.7. The van der Waals surface area contributed by atoms with E-state index < -0.39 is 0 Å². The van der Waals surface area contributed by atoms with E-state index in [0.29, 0.717) is 0 Å². The average Bonchev–Trinajstić information content (AvgIpc) is 3.09. The van der Waals surface area contributed by atoms with Gasteiger partial charge in [-0.1, -0.05) is 0 Å². The summed E-state index contributed by atoms with van der Waals surface area (Å²) in [6.07, 6.45) is 3.63. The quantitative estimate of drug-likeness (QED) is 0.833. The molecule has 2 saturated heterocycles. The molecule has 0 spiro atoms. The fourth-order valence-electron chi connectivity index (χ4n) is 3.09. The Morgan fingerprint density at radius 1 is 0.875 bits per heavy atom. The second kappa shape index (κ2) is 6.90. The molecule has 128 valence electrons. The molecule has 0 atom stereocenters. The van der Waals surface area contributed by atoms with E-state index in [1.54, 1.807) is 17.7 Å². The summed E-state index contributed by atoms with van der Waals surface area (Å²) in [7, 11) is 0. The number of rotatable bonds is 3. The maximum atomic E-state index is 5.42. The van der Waals surface area contributed by atoms with E-state index in [9.17, 15) is 0 Å². The Morgan fingerprint density at radius 2 is 1.50 bits per heavy atom. The number of anilines is 3. The standard InChI is InChI=1S/C16H22N6OS/c1-13-11-17-16(24-13)22-4-2-20(3-5-22)14-10-15(19-12-18-14)21-6-8-23-9-7-21/h10-12H,2-9H2,1H3. The van der Waals surface area contributed by atoms with E-state index in [2.05, 4.69) is 42.6 Å². The van der Waals surface area contributed by atoms with Gasteiger partial charge < -0.3 is 19.4 Å². The zero-order chi connectivity index (χ0) is 16.4. The second-order valence-electron chi connectivity index (χ2n) is 6.06. The van der Waals surface area contributed by atoms with Crippen LogP contribution >= 0.6 is 11.3 Å². The zero-order valence-electron chi connectivity index (χ0n) is 13.9. The maximum absolute atomic E-state index is 5.42. The summed E-state index contributed by atoms with van der Waals surface area (Å²) in [5.74, 6) is 2.02. The molecule has 2 aliphatic rings. The number of aromatic nitrogens is 3. The van der Waals surface area contributed by atoms with Crippen molar-refractivity contribution in [1.82, 2.24) is 15.0 Å². The summed E-state index contributed by atoms with van der Waals surface area (Å²) >= 11 is 1.76. The first-order valence-electron chi connectivity index (χ1n) is 8.37. The molecule has 24 heavy (non-hydrogen) atoms. The lowest BCUT2D eigenvalue weighted by atomic mass is 10.3. The lowest BCUT2D eigenvalue weighted by Crippen LogP contribution is -2.47. The number of hydrogen-bond acceptors (Lipinski definition) is 8. The number of nitrogens with zero attached hydrogens (tertiary/aromatic N) is 6. The van der Waals surface area contributed by atoms with Crippen molar-refractivity contribution in [2.45, 2.75) is 6.92 Å². The first-order valence-corrected chi connectivity index (χ1v) is 9.18. The van der Waals surface area contributed by atoms with Gasteiger partial charge in [-0.25, -0.2) is 15.0 Å². The Labute approximate surface area is 145 Å². The number of piperazine rings is 1. The highest BCUT2D eigenvalue weighted by atomic mass is 32.1. The van der Waals surface area contributed by atoms with Gasteiger partial charge >= 0.3 is 0 Å². The molecule has 0 bridgehead atoms. The van der Waals surface area contributed by atoms with Crippen LogP contribution in [-0.2, 0) is 4.74 Å². The lowest BCUT2D eigenvalue weighted by Gasteiger charge is -2.35. The Hall–Kier alpha value is -1.93. The third-order valence-electron chi connectivity index (χ3n) is 4.46. The molecule has 4 rings (SSSR count). The fourth-order valence-corrected chi connectivity index (χ4v) is 3.90. The molecule has 2 aromatic heterocycles. The highest BCUT2D eigenvalue weighted by Crippen LogP contribution is 2.25. The van der Waals surface area contributed by atoms with Crippen molar-refractivity contribution in [1.29, 1.82) is 0 Å². The van der Waals surface area contributed by atoms with E-state index in [4.69, 9.17) is 4.74 Å². The molecule has 0 aromatic carbocycles. The Kier molecular flexibility index (Phi) is 4.48. The molecule has 2 aliphatic heterocycles. The molecular weight excluding hydrogens is 324 g/mol. The predicted octanol–water partition coefficient (Wildman–Crippen LogP) is 1.40. The first-order chi connectivity index (χ1) is 11.8. The van der Waals surface area contributed by atoms with Crippen LogP contribution in [0, 0.1) is 6.92 Å². The summed E-state index contributed by atoms with van der Waals surface area (Å²) < 4.78 is 5.42. The Morgan fingerprint density at radius 3 is 2.12 bits per heavy atom. The van der Waals surface area contributed by atoms with Gasteiger partial charge in [0.05, 0.1) is 13.2 Å². The Bertz CT molecular complexity index is 679. The van der Waals surface area contributed by atoms with E-state index in [-0.39, 0.29) is 0 Å².